The number of nitrogens with one attached hydrogen (secondary N) is 3. The molecule has 10 nitrogen and oxygen atoms in total. The van der Waals surface area contributed by atoms with Crippen molar-refractivity contribution >= 4 is 32.6 Å². The Bertz CT molecular complexity index is 1340. The molecule has 2 amide bonds. The second-order valence-electron chi connectivity index (χ2n) is 7.61. The van der Waals surface area contributed by atoms with Crippen LogP contribution in [0.1, 0.15) is 31.3 Å². The summed E-state index contributed by atoms with van der Waals surface area (Å²) < 4.78 is 28.8. The fourth-order valence-corrected chi connectivity index (χ4v) is 4.56. The second kappa shape index (κ2) is 9.92. The summed E-state index contributed by atoms with van der Waals surface area (Å²) in [4.78, 5) is 38.0. The summed E-state index contributed by atoms with van der Waals surface area (Å²) in [6, 6.07) is 13.0. The molecule has 1 heterocycles. The highest BCUT2D eigenvalue weighted by Gasteiger charge is 2.29. The average Bonchev–Trinajstić information content (AvgIpc) is 2.81. The van der Waals surface area contributed by atoms with Crippen molar-refractivity contribution in [1.29, 1.82) is 0 Å². The number of sulfonamides is 1. The van der Waals surface area contributed by atoms with Gasteiger partial charge in [0.1, 0.15) is 6.04 Å². The third-order valence-corrected chi connectivity index (χ3v) is 6.42. The van der Waals surface area contributed by atoms with Crippen molar-refractivity contribution < 1.29 is 18.0 Å². The minimum atomic E-state index is -3.96. The lowest BCUT2D eigenvalue weighted by Crippen LogP contribution is -2.54. The van der Waals surface area contributed by atoms with Crippen molar-refractivity contribution in [3.63, 3.8) is 0 Å². The second-order valence-corrected chi connectivity index (χ2v) is 9.33. The zero-order valence-corrected chi connectivity index (χ0v) is 19.2. The molecular weight excluding hydrogens is 446 g/mol. The SMILES string of the molecule is CCn1nc(C(=O)NNC(=O)[C@H](NS(=O)(=O)c2ccccc2)C(C)C)c2ccccc2c1=O. The number of carbonyl (C=O) groups is 2. The first-order valence-corrected chi connectivity index (χ1v) is 11.8. The fraction of sp³-hybridized carbons (Fsp3) is 0.273. The van der Waals surface area contributed by atoms with Crippen molar-refractivity contribution in [1.82, 2.24) is 25.4 Å². The molecule has 0 saturated heterocycles. The lowest BCUT2D eigenvalue weighted by Gasteiger charge is -2.21. The highest BCUT2D eigenvalue weighted by molar-refractivity contribution is 7.89. The number of nitrogens with zero attached hydrogens (tertiary/aromatic N) is 2. The van der Waals surface area contributed by atoms with E-state index in [1.807, 2.05) is 0 Å². The zero-order chi connectivity index (χ0) is 24.2. The molecule has 3 aromatic rings. The molecule has 0 radical (unpaired) electrons. The van der Waals surface area contributed by atoms with E-state index in [4.69, 9.17) is 0 Å². The quantitative estimate of drug-likeness (QED) is 0.442. The molecule has 0 aliphatic heterocycles. The molecule has 1 aromatic heterocycles. The molecule has 0 bridgehead atoms. The van der Waals surface area contributed by atoms with Gasteiger partial charge in [-0.05, 0) is 31.0 Å². The molecule has 0 spiro atoms. The van der Waals surface area contributed by atoms with E-state index in [0.29, 0.717) is 10.8 Å². The minimum Gasteiger partial charge on any atom is -0.271 e. The summed E-state index contributed by atoms with van der Waals surface area (Å²) in [5.41, 5.74) is 4.16. The van der Waals surface area contributed by atoms with Gasteiger partial charge in [0, 0.05) is 11.9 Å². The predicted molar refractivity (Wildman–Crippen MR) is 123 cm³/mol. The number of rotatable bonds is 7. The number of aryl methyl sites for hydroxylation is 1. The van der Waals surface area contributed by atoms with Gasteiger partial charge in [0.2, 0.25) is 10.0 Å². The van der Waals surface area contributed by atoms with Gasteiger partial charge in [-0.1, -0.05) is 50.2 Å². The van der Waals surface area contributed by atoms with Gasteiger partial charge in [-0.3, -0.25) is 25.2 Å². The molecule has 3 N–H and O–H groups in total. The molecule has 0 aliphatic rings. The molecule has 174 valence electrons. The number of fused-ring (bicyclic) bond motifs is 1. The number of carbonyl (C=O) groups excluding carboxylic acids is 2. The van der Waals surface area contributed by atoms with Crippen LogP contribution in [-0.4, -0.2) is 36.1 Å². The van der Waals surface area contributed by atoms with E-state index in [1.165, 1.54) is 12.1 Å². The van der Waals surface area contributed by atoms with Crippen LogP contribution in [0.4, 0.5) is 0 Å². The summed E-state index contributed by atoms with van der Waals surface area (Å²) in [5.74, 6) is -1.90. The van der Waals surface area contributed by atoms with Crippen LogP contribution >= 0.6 is 0 Å². The number of benzene rings is 2. The van der Waals surface area contributed by atoms with E-state index in [2.05, 4.69) is 20.7 Å². The van der Waals surface area contributed by atoms with Crippen LogP contribution in [0, 0.1) is 5.92 Å². The monoisotopic (exact) mass is 471 g/mol. The van der Waals surface area contributed by atoms with Crippen molar-refractivity contribution in [3.8, 4) is 0 Å². The Morgan fingerprint density at radius 3 is 2.18 bits per heavy atom. The normalized spacial score (nSPS) is 12.5. The van der Waals surface area contributed by atoms with E-state index >= 15 is 0 Å². The lowest BCUT2D eigenvalue weighted by atomic mass is 10.1. The van der Waals surface area contributed by atoms with Crippen LogP contribution in [-0.2, 0) is 21.4 Å². The van der Waals surface area contributed by atoms with E-state index < -0.39 is 33.8 Å². The van der Waals surface area contributed by atoms with Gasteiger partial charge in [0.15, 0.2) is 5.69 Å². The standard InChI is InChI=1S/C22H25N5O5S/c1-4-27-22(30)17-13-9-8-12-16(17)19(25-27)21(29)24-23-20(28)18(14(2)3)26-33(31,32)15-10-6-5-7-11-15/h5-14,18,26H,4H2,1-3H3,(H,23,28)(H,24,29)/t18-/m1/s1. The Morgan fingerprint density at radius 2 is 1.58 bits per heavy atom. The molecule has 0 unspecified atom stereocenters. The van der Waals surface area contributed by atoms with Gasteiger partial charge in [0.25, 0.3) is 17.4 Å². The van der Waals surface area contributed by atoms with E-state index in [-0.39, 0.29) is 22.7 Å². The van der Waals surface area contributed by atoms with Crippen LogP contribution in [0.3, 0.4) is 0 Å². The zero-order valence-electron chi connectivity index (χ0n) is 18.4. The third-order valence-electron chi connectivity index (χ3n) is 4.97. The maximum atomic E-state index is 12.8. The Hall–Kier alpha value is -3.57. The van der Waals surface area contributed by atoms with Crippen LogP contribution in [0.25, 0.3) is 10.8 Å². The van der Waals surface area contributed by atoms with Gasteiger partial charge in [-0.25, -0.2) is 13.1 Å². The van der Waals surface area contributed by atoms with Gasteiger partial charge < -0.3 is 0 Å². The molecule has 0 fully saturated rings. The maximum Gasteiger partial charge on any atom is 0.290 e. The number of hydrogen-bond acceptors (Lipinski definition) is 6. The fourth-order valence-electron chi connectivity index (χ4n) is 3.20. The Morgan fingerprint density at radius 1 is 0.970 bits per heavy atom. The van der Waals surface area contributed by atoms with Crippen molar-refractivity contribution in [2.24, 2.45) is 5.92 Å². The third kappa shape index (κ3) is 5.26. The van der Waals surface area contributed by atoms with E-state index in [1.54, 1.807) is 63.2 Å². The predicted octanol–water partition coefficient (Wildman–Crippen LogP) is 1.18. The Labute approximate surface area is 191 Å². The van der Waals surface area contributed by atoms with Crippen LogP contribution in [0.2, 0.25) is 0 Å². The molecule has 0 aliphatic carbocycles. The largest absolute Gasteiger partial charge is 0.290 e. The maximum absolute atomic E-state index is 12.8. The van der Waals surface area contributed by atoms with Crippen LogP contribution in [0.15, 0.2) is 64.3 Å². The smallest absolute Gasteiger partial charge is 0.271 e. The molecule has 33 heavy (non-hydrogen) atoms. The molecule has 0 saturated carbocycles. The van der Waals surface area contributed by atoms with Gasteiger partial charge >= 0.3 is 0 Å². The van der Waals surface area contributed by atoms with Crippen molar-refractivity contribution in [2.45, 2.75) is 38.3 Å². The minimum absolute atomic E-state index is 0.0185. The lowest BCUT2D eigenvalue weighted by molar-refractivity contribution is -0.124. The van der Waals surface area contributed by atoms with Gasteiger partial charge in [-0.15, -0.1) is 0 Å². The van der Waals surface area contributed by atoms with Crippen molar-refractivity contribution in [3.05, 3.63) is 70.6 Å². The average molecular weight is 472 g/mol. The van der Waals surface area contributed by atoms with E-state index in [9.17, 15) is 22.8 Å². The molecule has 2 aromatic carbocycles. The molecule has 11 heteroatoms. The first kappa shape index (κ1) is 24.1. The molecule has 3 rings (SSSR count). The highest BCUT2D eigenvalue weighted by Crippen LogP contribution is 2.14. The van der Waals surface area contributed by atoms with Crippen LogP contribution in [0.5, 0.6) is 0 Å². The Kier molecular flexibility index (Phi) is 7.24. The van der Waals surface area contributed by atoms with Gasteiger partial charge in [0.05, 0.1) is 10.3 Å². The molecule has 1 atom stereocenters. The number of hydrogen-bond donors (Lipinski definition) is 3. The topological polar surface area (TPSA) is 139 Å². The van der Waals surface area contributed by atoms with E-state index in [0.717, 1.165) is 4.68 Å². The number of aromatic nitrogens is 2. The Balaban J connectivity index is 1.80. The number of hydrazine groups is 1. The summed E-state index contributed by atoms with van der Waals surface area (Å²) in [5, 5.41) is 4.76. The highest BCUT2D eigenvalue weighted by atomic mass is 32.2. The summed E-state index contributed by atoms with van der Waals surface area (Å²) >= 11 is 0. The molecular formula is C22H25N5O5S. The van der Waals surface area contributed by atoms with Crippen molar-refractivity contribution in [2.75, 3.05) is 0 Å². The summed E-state index contributed by atoms with van der Waals surface area (Å²) in [7, 11) is -3.96. The number of amides is 2. The summed E-state index contributed by atoms with van der Waals surface area (Å²) in [6.07, 6.45) is 0. The first-order chi connectivity index (χ1) is 15.7. The van der Waals surface area contributed by atoms with Gasteiger partial charge in [-0.2, -0.15) is 9.82 Å². The van der Waals surface area contributed by atoms with Crippen LogP contribution < -0.4 is 21.1 Å². The summed E-state index contributed by atoms with van der Waals surface area (Å²) in [6.45, 7) is 5.32. The first-order valence-electron chi connectivity index (χ1n) is 10.3.